The molecule has 182 valence electrons. The van der Waals surface area contributed by atoms with Crippen LogP contribution in [0.2, 0.25) is 0 Å². The van der Waals surface area contributed by atoms with E-state index in [9.17, 15) is 26.4 Å². The molecule has 0 atom stereocenters. The van der Waals surface area contributed by atoms with Gasteiger partial charge < -0.3 is 9.47 Å². The van der Waals surface area contributed by atoms with Gasteiger partial charge in [0.25, 0.3) is 0 Å². The molecule has 35 heavy (non-hydrogen) atoms. The monoisotopic (exact) mass is 503 g/mol. The van der Waals surface area contributed by atoms with Crippen LogP contribution in [0.4, 0.5) is 13.2 Å². The molecule has 5 rings (SSSR count). The van der Waals surface area contributed by atoms with E-state index < -0.39 is 27.2 Å². The molecule has 1 saturated carbocycles. The van der Waals surface area contributed by atoms with Crippen molar-refractivity contribution in [2.24, 2.45) is 5.14 Å². The van der Waals surface area contributed by atoms with E-state index in [1.807, 2.05) is 6.07 Å². The number of sulfonamides is 1. The zero-order valence-electron chi connectivity index (χ0n) is 18.3. The van der Waals surface area contributed by atoms with Crippen molar-refractivity contribution < 1.29 is 35.9 Å². The Morgan fingerprint density at radius 2 is 1.63 bits per heavy atom. The summed E-state index contributed by atoms with van der Waals surface area (Å²) >= 11 is 0. The highest BCUT2D eigenvalue weighted by Gasteiger charge is 2.50. The lowest BCUT2D eigenvalue weighted by molar-refractivity contribution is -0.137. The van der Waals surface area contributed by atoms with E-state index in [-0.39, 0.29) is 35.0 Å². The van der Waals surface area contributed by atoms with Crippen LogP contribution in [0.3, 0.4) is 0 Å². The van der Waals surface area contributed by atoms with Gasteiger partial charge in [0.1, 0.15) is 5.78 Å². The van der Waals surface area contributed by atoms with Crippen molar-refractivity contribution >= 4 is 15.8 Å². The molecule has 1 aliphatic carbocycles. The van der Waals surface area contributed by atoms with Crippen molar-refractivity contribution in [3.63, 3.8) is 0 Å². The highest BCUT2D eigenvalue weighted by molar-refractivity contribution is 7.89. The lowest BCUT2D eigenvalue weighted by Gasteiger charge is -2.18. The number of carbonyl (C=O) groups is 1. The van der Waals surface area contributed by atoms with Crippen LogP contribution in [0, 0.1) is 0 Å². The third-order valence-corrected chi connectivity index (χ3v) is 7.39. The van der Waals surface area contributed by atoms with Crippen LogP contribution in [-0.4, -0.2) is 21.0 Å². The highest BCUT2D eigenvalue weighted by atomic mass is 32.2. The van der Waals surface area contributed by atoms with E-state index in [1.54, 1.807) is 12.1 Å². The molecule has 0 saturated heterocycles. The zero-order chi connectivity index (χ0) is 25.0. The summed E-state index contributed by atoms with van der Waals surface area (Å²) in [5, 5.41) is 5.09. The van der Waals surface area contributed by atoms with E-state index in [1.165, 1.54) is 24.3 Å². The van der Waals surface area contributed by atoms with E-state index >= 15 is 0 Å². The Hall–Kier alpha value is -3.37. The van der Waals surface area contributed by atoms with Gasteiger partial charge in [-0.15, -0.1) is 0 Å². The summed E-state index contributed by atoms with van der Waals surface area (Å²) < 4.78 is 74.9. The van der Waals surface area contributed by atoms with E-state index in [0.717, 1.165) is 23.8 Å². The average Bonchev–Trinajstić information content (AvgIpc) is 3.49. The van der Waals surface area contributed by atoms with Crippen LogP contribution in [0.5, 0.6) is 11.5 Å². The van der Waals surface area contributed by atoms with Crippen LogP contribution in [0.25, 0.3) is 11.1 Å². The number of ether oxygens (including phenoxy) is 2. The Kier molecular flexibility index (Phi) is 5.41. The molecular weight excluding hydrogens is 483 g/mol. The van der Waals surface area contributed by atoms with Crippen LogP contribution < -0.4 is 14.6 Å². The second-order valence-corrected chi connectivity index (χ2v) is 10.3. The van der Waals surface area contributed by atoms with Crippen molar-refractivity contribution in [3.05, 3.63) is 77.4 Å². The summed E-state index contributed by atoms with van der Waals surface area (Å²) in [5.74, 6) is 1.09. The van der Waals surface area contributed by atoms with Crippen LogP contribution in [0.15, 0.2) is 65.6 Å². The Morgan fingerprint density at radius 3 is 2.26 bits per heavy atom. The summed E-state index contributed by atoms with van der Waals surface area (Å²) in [4.78, 5) is 13.1. The van der Waals surface area contributed by atoms with Gasteiger partial charge in [-0.2, -0.15) is 13.2 Å². The summed E-state index contributed by atoms with van der Waals surface area (Å²) in [7, 11) is -3.99. The molecule has 3 aromatic rings. The molecule has 0 spiro atoms. The maximum absolute atomic E-state index is 13.7. The summed E-state index contributed by atoms with van der Waals surface area (Å²) in [6.07, 6.45) is -3.39. The standard InChI is InChI=1S/C25H20F3NO5S/c26-25(27,28)20-7-1-15(11-19(20)16-2-5-18(6-3-16)35(29,31)32)12-23(30)24(9-10-24)17-4-8-21-22(13-17)34-14-33-21/h1-8,11,13H,9-10,12,14H2,(H2,29,31,32). The van der Waals surface area contributed by atoms with Gasteiger partial charge >= 0.3 is 6.18 Å². The topological polar surface area (TPSA) is 95.7 Å². The quantitative estimate of drug-likeness (QED) is 0.531. The van der Waals surface area contributed by atoms with Crippen molar-refractivity contribution in [2.75, 3.05) is 6.79 Å². The van der Waals surface area contributed by atoms with Crippen LogP contribution in [-0.2, 0) is 32.8 Å². The van der Waals surface area contributed by atoms with Gasteiger partial charge in [0.15, 0.2) is 11.5 Å². The van der Waals surface area contributed by atoms with E-state index in [0.29, 0.717) is 29.9 Å². The Labute approximate surface area is 199 Å². The largest absolute Gasteiger partial charge is 0.454 e. The third-order valence-electron chi connectivity index (χ3n) is 6.46. The van der Waals surface area contributed by atoms with Gasteiger partial charge in [0.2, 0.25) is 16.8 Å². The molecule has 0 radical (unpaired) electrons. The minimum atomic E-state index is -4.64. The fraction of sp³-hybridized carbons (Fsp3) is 0.240. The predicted molar refractivity (Wildman–Crippen MR) is 120 cm³/mol. The summed E-state index contributed by atoms with van der Waals surface area (Å²) in [6, 6.07) is 13.8. The van der Waals surface area contributed by atoms with Crippen molar-refractivity contribution in [1.29, 1.82) is 0 Å². The molecule has 1 aliphatic heterocycles. The van der Waals surface area contributed by atoms with E-state index in [2.05, 4.69) is 0 Å². The number of rotatable bonds is 6. The smallest absolute Gasteiger partial charge is 0.417 e. The molecule has 1 fully saturated rings. The molecular formula is C25H20F3NO5S. The minimum absolute atomic E-state index is 0.0468. The van der Waals surface area contributed by atoms with Gasteiger partial charge in [-0.25, -0.2) is 13.6 Å². The minimum Gasteiger partial charge on any atom is -0.454 e. The first-order chi connectivity index (χ1) is 16.5. The predicted octanol–water partition coefficient (Wildman–Crippen LogP) is 4.59. The molecule has 0 aromatic heterocycles. The van der Waals surface area contributed by atoms with Gasteiger partial charge in [-0.3, -0.25) is 4.79 Å². The molecule has 1 heterocycles. The second-order valence-electron chi connectivity index (χ2n) is 8.70. The number of carbonyl (C=O) groups excluding carboxylic acids is 1. The Bertz CT molecular complexity index is 1430. The van der Waals surface area contributed by atoms with Crippen LogP contribution >= 0.6 is 0 Å². The molecule has 0 bridgehead atoms. The van der Waals surface area contributed by atoms with Crippen LogP contribution in [0.1, 0.15) is 29.5 Å². The molecule has 0 amide bonds. The first-order valence-corrected chi connectivity index (χ1v) is 12.3. The SMILES string of the molecule is NS(=O)(=O)c1ccc(-c2cc(CC(=O)C3(c4ccc5c(c4)OCO5)CC3)ccc2C(F)(F)F)cc1. The number of halogens is 3. The first kappa shape index (κ1) is 23.4. The van der Waals surface area contributed by atoms with Crippen molar-refractivity contribution in [2.45, 2.75) is 35.7 Å². The van der Waals surface area contributed by atoms with Gasteiger partial charge in [-0.1, -0.05) is 30.3 Å². The van der Waals surface area contributed by atoms with Gasteiger partial charge in [0.05, 0.1) is 15.9 Å². The number of Topliss-reactive ketones (excluding diaryl/α,β-unsaturated/α-hetero) is 1. The number of nitrogens with two attached hydrogens (primary N) is 1. The number of hydrogen-bond acceptors (Lipinski definition) is 5. The summed E-state index contributed by atoms with van der Waals surface area (Å²) in [6.45, 7) is 0.117. The fourth-order valence-corrected chi connectivity index (χ4v) is 4.93. The van der Waals surface area contributed by atoms with Crippen molar-refractivity contribution in [1.82, 2.24) is 0 Å². The van der Waals surface area contributed by atoms with Gasteiger partial charge in [-0.05, 0) is 65.4 Å². The maximum atomic E-state index is 13.7. The first-order valence-electron chi connectivity index (χ1n) is 10.7. The molecule has 2 aliphatic rings. The highest BCUT2D eigenvalue weighted by Crippen LogP contribution is 2.51. The summed E-state index contributed by atoms with van der Waals surface area (Å²) in [5.41, 5.74) is -0.319. The lowest BCUT2D eigenvalue weighted by atomic mass is 9.86. The molecule has 2 N–H and O–H groups in total. The normalized spacial score (nSPS) is 16.2. The number of benzene rings is 3. The Balaban J connectivity index is 1.46. The number of fused-ring (bicyclic) bond motifs is 1. The molecule has 3 aromatic carbocycles. The average molecular weight is 503 g/mol. The second kappa shape index (κ2) is 8.10. The lowest BCUT2D eigenvalue weighted by Crippen LogP contribution is -2.22. The molecule has 10 heteroatoms. The third kappa shape index (κ3) is 4.39. The number of primary sulfonamides is 1. The van der Waals surface area contributed by atoms with E-state index in [4.69, 9.17) is 14.6 Å². The number of alkyl halides is 3. The zero-order valence-corrected chi connectivity index (χ0v) is 19.1. The number of hydrogen-bond donors (Lipinski definition) is 1. The molecule has 6 nitrogen and oxygen atoms in total. The molecule has 0 unspecified atom stereocenters. The fourth-order valence-electron chi connectivity index (χ4n) is 4.41. The Morgan fingerprint density at radius 1 is 0.943 bits per heavy atom. The van der Waals surface area contributed by atoms with Crippen molar-refractivity contribution in [3.8, 4) is 22.6 Å². The van der Waals surface area contributed by atoms with Gasteiger partial charge in [0, 0.05) is 6.42 Å². The number of ketones is 1. The maximum Gasteiger partial charge on any atom is 0.417 e.